The molecule has 0 atom stereocenters. The molecule has 0 fully saturated rings. The summed E-state index contributed by atoms with van der Waals surface area (Å²) in [6.07, 6.45) is 2.02. The summed E-state index contributed by atoms with van der Waals surface area (Å²) in [6, 6.07) is 9.80. The molecule has 0 N–H and O–H groups in total. The van der Waals surface area contributed by atoms with Crippen LogP contribution in [-0.2, 0) is 6.54 Å². The minimum atomic E-state index is -0.215. The van der Waals surface area contributed by atoms with Crippen molar-refractivity contribution in [2.75, 3.05) is 5.75 Å². The Balaban J connectivity index is 2.23. The summed E-state index contributed by atoms with van der Waals surface area (Å²) in [4.78, 5) is 17.2. The van der Waals surface area contributed by atoms with Gasteiger partial charge in [0.15, 0.2) is 5.16 Å². The molecular weight excluding hydrogens is 282 g/mol. The quantitative estimate of drug-likeness (QED) is 0.759. The predicted octanol–water partition coefficient (Wildman–Crippen LogP) is 2.98. The molecule has 1 aliphatic rings. The summed E-state index contributed by atoms with van der Waals surface area (Å²) < 4.78 is 1.65. The standard InChI is InChI=1S/C16H15N3OS/c1-11-4-6-12(7-5-11)14-13(10-17)15(20)19-8-2-3-9-21-16(19)18-14/h4-7H,2-3,8-9H2,1H3. The zero-order valence-corrected chi connectivity index (χ0v) is 12.6. The van der Waals surface area contributed by atoms with Gasteiger partial charge in [-0.1, -0.05) is 41.6 Å². The molecule has 5 heteroatoms. The average molecular weight is 297 g/mol. The van der Waals surface area contributed by atoms with E-state index in [-0.39, 0.29) is 11.1 Å². The lowest BCUT2D eigenvalue weighted by molar-refractivity contribution is 0.563. The number of fused-ring (bicyclic) bond motifs is 1. The van der Waals surface area contributed by atoms with E-state index in [0.717, 1.165) is 34.9 Å². The lowest BCUT2D eigenvalue weighted by atomic mass is 10.1. The van der Waals surface area contributed by atoms with Gasteiger partial charge < -0.3 is 0 Å². The number of rotatable bonds is 1. The SMILES string of the molecule is Cc1ccc(-c2nc3n(c(=O)c2C#N)CCCCS3)cc1. The molecule has 0 saturated heterocycles. The van der Waals surface area contributed by atoms with Crippen molar-refractivity contribution in [1.29, 1.82) is 5.26 Å². The van der Waals surface area contributed by atoms with Crippen LogP contribution in [0.4, 0.5) is 0 Å². The fourth-order valence-electron chi connectivity index (χ4n) is 2.40. The molecule has 4 nitrogen and oxygen atoms in total. The maximum Gasteiger partial charge on any atom is 0.272 e. The van der Waals surface area contributed by atoms with E-state index >= 15 is 0 Å². The Morgan fingerprint density at radius 2 is 2.05 bits per heavy atom. The number of thioether (sulfide) groups is 1. The Labute approximate surface area is 127 Å². The van der Waals surface area contributed by atoms with Crippen molar-refractivity contribution >= 4 is 11.8 Å². The predicted molar refractivity (Wildman–Crippen MR) is 83.3 cm³/mol. The molecule has 0 radical (unpaired) electrons. The molecular formula is C16H15N3OS. The third kappa shape index (κ3) is 2.59. The first-order chi connectivity index (χ1) is 10.2. The van der Waals surface area contributed by atoms with Gasteiger partial charge in [0.1, 0.15) is 11.6 Å². The van der Waals surface area contributed by atoms with Crippen molar-refractivity contribution in [3.63, 3.8) is 0 Å². The molecule has 0 aliphatic carbocycles. The van der Waals surface area contributed by atoms with Crippen LogP contribution in [0.2, 0.25) is 0 Å². The van der Waals surface area contributed by atoms with Gasteiger partial charge in [-0.15, -0.1) is 0 Å². The second-order valence-electron chi connectivity index (χ2n) is 5.11. The summed E-state index contributed by atoms with van der Waals surface area (Å²) >= 11 is 1.60. The first kappa shape index (κ1) is 13.9. The summed E-state index contributed by atoms with van der Waals surface area (Å²) in [5, 5.41) is 10.1. The van der Waals surface area contributed by atoms with Gasteiger partial charge in [-0.25, -0.2) is 4.98 Å². The highest BCUT2D eigenvalue weighted by Gasteiger charge is 2.19. The minimum Gasteiger partial charge on any atom is -0.286 e. The number of hydrogen-bond donors (Lipinski definition) is 0. The van der Waals surface area contributed by atoms with Crippen LogP contribution in [0.3, 0.4) is 0 Å². The van der Waals surface area contributed by atoms with Gasteiger partial charge in [0.2, 0.25) is 0 Å². The monoisotopic (exact) mass is 297 g/mol. The highest BCUT2D eigenvalue weighted by atomic mass is 32.2. The molecule has 0 saturated carbocycles. The number of nitriles is 1. The van der Waals surface area contributed by atoms with Crippen molar-refractivity contribution in [3.05, 3.63) is 45.7 Å². The zero-order valence-electron chi connectivity index (χ0n) is 11.8. The molecule has 0 bridgehead atoms. The van der Waals surface area contributed by atoms with Crippen molar-refractivity contribution in [3.8, 4) is 17.3 Å². The van der Waals surface area contributed by atoms with Crippen LogP contribution in [0.25, 0.3) is 11.3 Å². The van der Waals surface area contributed by atoms with Crippen molar-refractivity contribution < 1.29 is 0 Å². The Morgan fingerprint density at radius 1 is 1.29 bits per heavy atom. The van der Waals surface area contributed by atoms with Crippen LogP contribution in [0.1, 0.15) is 24.0 Å². The van der Waals surface area contributed by atoms with Crippen molar-refractivity contribution in [2.45, 2.75) is 31.5 Å². The summed E-state index contributed by atoms with van der Waals surface area (Å²) in [5.41, 5.74) is 2.39. The number of aryl methyl sites for hydroxylation is 1. The van der Waals surface area contributed by atoms with Crippen LogP contribution in [-0.4, -0.2) is 15.3 Å². The van der Waals surface area contributed by atoms with Gasteiger partial charge in [0, 0.05) is 17.9 Å². The third-order valence-electron chi connectivity index (χ3n) is 3.58. The summed E-state index contributed by atoms with van der Waals surface area (Å²) in [6.45, 7) is 2.65. The lowest BCUT2D eigenvalue weighted by Crippen LogP contribution is -2.26. The molecule has 21 heavy (non-hydrogen) atoms. The number of benzene rings is 1. The lowest BCUT2D eigenvalue weighted by Gasteiger charge is -2.11. The van der Waals surface area contributed by atoms with Gasteiger partial charge in [-0.2, -0.15) is 5.26 Å². The molecule has 2 aromatic rings. The molecule has 0 amide bonds. The highest BCUT2D eigenvalue weighted by Crippen LogP contribution is 2.26. The van der Waals surface area contributed by atoms with Gasteiger partial charge >= 0.3 is 0 Å². The Kier molecular flexibility index (Phi) is 3.80. The molecule has 0 unspecified atom stereocenters. The average Bonchev–Trinajstić information content (AvgIpc) is 2.73. The minimum absolute atomic E-state index is 0.144. The smallest absolute Gasteiger partial charge is 0.272 e. The molecule has 1 aliphatic heterocycles. The third-order valence-corrected chi connectivity index (χ3v) is 4.64. The van der Waals surface area contributed by atoms with Crippen molar-refractivity contribution in [1.82, 2.24) is 9.55 Å². The zero-order chi connectivity index (χ0) is 14.8. The van der Waals surface area contributed by atoms with Gasteiger partial charge in [0.25, 0.3) is 5.56 Å². The van der Waals surface area contributed by atoms with E-state index < -0.39 is 0 Å². The number of hydrogen-bond acceptors (Lipinski definition) is 4. The van der Waals surface area contributed by atoms with Gasteiger partial charge in [-0.3, -0.25) is 9.36 Å². The number of aromatic nitrogens is 2. The highest BCUT2D eigenvalue weighted by molar-refractivity contribution is 7.99. The normalized spacial score (nSPS) is 14.1. The Bertz CT molecular complexity index is 772. The Morgan fingerprint density at radius 3 is 2.76 bits per heavy atom. The topological polar surface area (TPSA) is 58.7 Å². The van der Waals surface area contributed by atoms with E-state index in [9.17, 15) is 10.1 Å². The van der Waals surface area contributed by atoms with Crippen LogP contribution >= 0.6 is 11.8 Å². The van der Waals surface area contributed by atoms with Crippen LogP contribution in [0, 0.1) is 18.3 Å². The largest absolute Gasteiger partial charge is 0.286 e. The molecule has 2 heterocycles. The molecule has 1 aromatic carbocycles. The second kappa shape index (κ2) is 5.74. The van der Waals surface area contributed by atoms with E-state index in [1.807, 2.05) is 37.3 Å². The molecule has 0 spiro atoms. The maximum absolute atomic E-state index is 12.5. The molecule has 3 rings (SSSR count). The van der Waals surface area contributed by atoms with Gasteiger partial charge in [0.05, 0.1) is 5.69 Å². The van der Waals surface area contributed by atoms with Crippen molar-refractivity contribution in [2.24, 2.45) is 0 Å². The van der Waals surface area contributed by atoms with Gasteiger partial charge in [-0.05, 0) is 19.8 Å². The van der Waals surface area contributed by atoms with E-state index in [2.05, 4.69) is 4.98 Å². The first-order valence-corrected chi connectivity index (χ1v) is 7.94. The van der Waals surface area contributed by atoms with Crippen LogP contribution in [0.15, 0.2) is 34.2 Å². The van der Waals surface area contributed by atoms with Crippen LogP contribution < -0.4 is 5.56 Å². The summed E-state index contributed by atoms with van der Waals surface area (Å²) in [5.74, 6) is 0.964. The molecule has 1 aromatic heterocycles. The maximum atomic E-state index is 12.5. The molecule has 106 valence electrons. The van der Waals surface area contributed by atoms with E-state index in [4.69, 9.17) is 0 Å². The van der Waals surface area contributed by atoms with E-state index in [0.29, 0.717) is 12.2 Å². The summed E-state index contributed by atoms with van der Waals surface area (Å²) in [7, 11) is 0. The van der Waals surface area contributed by atoms with Crippen LogP contribution in [0.5, 0.6) is 0 Å². The fraction of sp³-hybridized carbons (Fsp3) is 0.312. The number of nitrogens with zero attached hydrogens (tertiary/aromatic N) is 3. The van der Waals surface area contributed by atoms with E-state index in [1.165, 1.54) is 0 Å². The first-order valence-electron chi connectivity index (χ1n) is 6.95. The fourth-order valence-corrected chi connectivity index (χ4v) is 3.42. The Hall–Kier alpha value is -2.06. The second-order valence-corrected chi connectivity index (χ2v) is 6.17. The van der Waals surface area contributed by atoms with E-state index in [1.54, 1.807) is 16.3 Å².